The molecule has 1 unspecified atom stereocenters. The number of phenolic OH excluding ortho intramolecular Hbond substituents is 4. The molecule has 86 valence electrons. The Labute approximate surface area is 89.4 Å². The number of aromatic hydroxyl groups is 4. The zero-order chi connectivity index (χ0) is 12.2. The molecule has 7 heteroatoms. The number of carbonyl (C=O) groups excluding carboxylic acids is 1. The van der Waals surface area contributed by atoms with Gasteiger partial charge in [-0.1, -0.05) is 0 Å². The highest BCUT2D eigenvalue weighted by Gasteiger charge is 2.41. The van der Waals surface area contributed by atoms with Gasteiger partial charge in [-0.15, -0.1) is 0 Å². The summed E-state index contributed by atoms with van der Waals surface area (Å²) in [6, 6.07) is 0. The molecule has 0 bridgehead atoms. The number of hydrogen-bond donors (Lipinski definition) is 5. The third-order valence-electron chi connectivity index (χ3n) is 2.59. The minimum Gasteiger partial charge on any atom is -0.504 e. The molecule has 0 spiro atoms. The van der Waals surface area contributed by atoms with Gasteiger partial charge in [0.15, 0.2) is 17.7 Å². The van der Waals surface area contributed by atoms with Crippen molar-refractivity contribution in [2.75, 3.05) is 7.05 Å². The SMILES string of the molecule is CN1C(=O)c2c(O)c(O)c(O)c(O)c2C1O. The first-order valence-electron chi connectivity index (χ1n) is 4.32. The van der Waals surface area contributed by atoms with Crippen molar-refractivity contribution in [2.45, 2.75) is 6.23 Å². The van der Waals surface area contributed by atoms with Crippen LogP contribution in [0.2, 0.25) is 0 Å². The first-order chi connectivity index (χ1) is 7.37. The molecule has 0 radical (unpaired) electrons. The van der Waals surface area contributed by atoms with Crippen molar-refractivity contribution in [1.82, 2.24) is 4.90 Å². The number of hydrogen-bond acceptors (Lipinski definition) is 6. The summed E-state index contributed by atoms with van der Waals surface area (Å²) < 4.78 is 0. The molecule has 5 N–H and O–H groups in total. The Hall–Kier alpha value is -2.15. The maximum absolute atomic E-state index is 11.5. The van der Waals surface area contributed by atoms with Gasteiger partial charge in [-0.05, 0) is 0 Å². The maximum Gasteiger partial charge on any atom is 0.260 e. The second kappa shape index (κ2) is 2.92. The molecular formula is C9H9NO6. The topological polar surface area (TPSA) is 121 Å². The van der Waals surface area contributed by atoms with Gasteiger partial charge in [-0.3, -0.25) is 4.79 Å². The second-order valence-corrected chi connectivity index (χ2v) is 3.47. The van der Waals surface area contributed by atoms with Gasteiger partial charge in [0.2, 0.25) is 11.5 Å². The van der Waals surface area contributed by atoms with Crippen LogP contribution in [0.4, 0.5) is 0 Å². The van der Waals surface area contributed by atoms with E-state index in [0.717, 1.165) is 4.90 Å². The Bertz CT molecular complexity index is 498. The summed E-state index contributed by atoms with van der Waals surface area (Å²) in [6.45, 7) is 0. The van der Waals surface area contributed by atoms with E-state index in [1.165, 1.54) is 7.05 Å². The minimum atomic E-state index is -1.47. The number of rotatable bonds is 0. The normalized spacial score (nSPS) is 19.0. The van der Waals surface area contributed by atoms with Crippen molar-refractivity contribution in [3.63, 3.8) is 0 Å². The van der Waals surface area contributed by atoms with Crippen LogP contribution in [0, 0.1) is 0 Å². The largest absolute Gasteiger partial charge is 0.504 e. The fraction of sp³-hybridized carbons (Fsp3) is 0.222. The Morgan fingerprint density at radius 1 is 1.00 bits per heavy atom. The van der Waals surface area contributed by atoms with Gasteiger partial charge >= 0.3 is 0 Å². The summed E-state index contributed by atoms with van der Waals surface area (Å²) in [5, 5.41) is 47.0. The molecular weight excluding hydrogens is 218 g/mol. The molecule has 0 saturated heterocycles. The standard InChI is InChI=1S/C9H9NO6/c1-10-8(15)2-3(9(10)16)5(12)7(14)6(13)4(2)11/h8,11-15H,1H3. The Morgan fingerprint density at radius 2 is 1.50 bits per heavy atom. The van der Waals surface area contributed by atoms with Gasteiger partial charge in [0.05, 0.1) is 11.1 Å². The number of nitrogens with zero attached hydrogens (tertiary/aromatic N) is 1. The summed E-state index contributed by atoms with van der Waals surface area (Å²) in [5.41, 5.74) is -0.733. The molecule has 16 heavy (non-hydrogen) atoms. The van der Waals surface area contributed by atoms with Crippen molar-refractivity contribution >= 4 is 5.91 Å². The predicted molar refractivity (Wildman–Crippen MR) is 50.2 cm³/mol. The van der Waals surface area contributed by atoms with E-state index in [1.807, 2.05) is 0 Å². The second-order valence-electron chi connectivity index (χ2n) is 3.47. The maximum atomic E-state index is 11.5. The lowest BCUT2D eigenvalue weighted by Crippen LogP contribution is -2.22. The van der Waals surface area contributed by atoms with E-state index in [-0.39, 0.29) is 5.56 Å². The first-order valence-corrected chi connectivity index (χ1v) is 4.32. The lowest BCUT2D eigenvalue weighted by atomic mass is 10.1. The molecule has 0 fully saturated rings. The minimum absolute atomic E-state index is 0.319. The Balaban J connectivity index is 2.86. The number of aliphatic hydroxyl groups is 1. The molecule has 1 aromatic carbocycles. The highest BCUT2D eigenvalue weighted by molar-refractivity contribution is 6.03. The van der Waals surface area contributed by atoms with E-state index in [9.17, 15) is 30.3 Å². The Morgan fingerprint density at radius 3 is 2.06 bits per heavy atom. The van der Waals surface area contributed by atoms with Crippen LogP contribution in [0.25, 0.3) is 0 Å². The van der Waals surface area contributed by atoms with E-state index < -0.39 is 40.7 Å². The lowest BCUT2D eigenvalue weighted by Gasteiger charge is -2.14. The molecule has 7 nitrogen and oxygen atoms in total. The van der Waals surface area contributed by atoms with E-state index in [4.69, 9.17) is 0 Å². The van der Waals surface area contributed by atoms with Crippen molar-refractivity contribution in [2.24, 2.45) is 0 Å². The average Bonchev–Trinajstić information content (AvgIpc) is 2.48. The fourth-order valence-electron chi connectivity index (χ4n) is 1.67. The molecule has 0 aromatic heterocycles. The van der Waals surface area contributed by atoms with Crippen molar-refractivity contribution in [1.29, 1.82) is 0 Å². The molecule has 1 aromatic rings. The third kappa shape index (κ3) is 0.974. The van der Waals surface area contributed by atoms with Crippen LogP contribution in [0.5, 0.6) is 23.0 Å². The smallest absolute Gasteiger partial charge is 0.260 e. The van der Waals surface area contributed by atoms with Crippen LogP contribution in [-0.2, 0) is 0 Å². The highest BCUT2D eigenvalue weighted by Crippen LogP contribution is 2.52. The van der Waals surface area contributed by atoms with Gasteiger partial charge in [-0.2, -0.15) is 0 Å². The molecule has 0 aliphatic carbocycles. The van der Waals surface area contributed by atoms with E-state index in [1.54, 1.807) is 0 Å². The number of benzene rings is 1. The summed E-state index contributed by atoms with van der Waals surface area (Å²) >= 11 is 0. The fourth-order valence-corrected chi connectivity index (χ4v) is 1.67. The van der Waals surface area contributed by atoms with Gasteiger partial charge in [0, 0.05) is 7.05 Å². The van der Waals surface area contributed by atoms with E-state index >= 15 is 0 Å². The number of carbonyl (C=O) groups is 1. The van der Waals surface area contributed by atoms with Crippen molar-refractivity contribution in [3.8, 4) is 23.0 Å². The van der Waals surface area contributed by atoms with Gasteiger partial charge in [0.1, 0.15) is 0 Å². The number of amides is 1. The lowest BCUT2D eigenvalue weighted by molar-refractivity contribution is 0.0292. The van der Waals surface area contributed by atoms with Crippen LogP contribution in [0.15, 0.2) is 0 Å². The van der Waals surface area contributed by atoms with Crippen LogP contribution in [-0.4, -0.2) is 43.4 Å². The van der Waals surface area contributed by atoms with Crippen molar-refractivity contribution in [3.05, 3.63) is 11.1 Å². The molecule has 2 rings (SSSR count). The zero-order valence-corrected chi connectivity index (χ0v) is 8.17. The predicted octanol–water partition coefficient (Wildman–Crippen LogP) is -0.415. The third-order valence-corrected chi connectivity index (χ3v) is 2.59. The van der Waals surface area contributed by atoms with Gasteiger partial charge in [0.25, 0.3) is 5.91 Å². The summed E-state index contributed by atoms with van der Waals surface area (Å²) in [4.78, 5) is 12.4. The molecule has 1 amide bonds. The first kappa shape index (κ1) is 10.4. The quantitative estimate of drug-likeness (QED) is 0.303. The highest BCUT2D eigenvalue weighted by atomic mass is 16.3. The molecule has 1 atom stereocenters. The van der Waals surface area contributed by atoms with Crippen molar-refractivity contribution < 1.29 is 30.3 Å². The van der Waals surface area contributed by atoms with Crippen LogP contribution >= 0.6 is 0 Å². The number of fused-ring (bicyclic) bond motifs is 1. The van der Waals surface area contributed by atoms with Crippen LogP contribution in [0.3, 0.4) is 0 Å². The Kier molecular flexibility index (Phi) is 1.89. The molecule has 1 aliphatic rings. The van der Waals surface area contributed by atoms with E-state index in [0.29, 0.717) is 0 Å². The molecule has 1 aliphatic heterocycles. The summed E-state index contributed by atoms with van der Waals surface area (Å²) in [7, 11) is 1.25. The molecule has 0 saturated carbocycles. The summed E-state index contributed by atoms with van der Waals surface area (Å²) in [6.07, 6.45) is -1.47. The number of aliphatic hydroxyl groups excluding tert-OH is 1. The molecule has 1 heterocycles. The van der Waals surface area contributed by atoms with Crippen LogP contribution < -0.4 is 0 Å². The monoisotopic (exact) mass is 227 g/mol. The number of phenols is 4. The van der Waals surface area contributed by atoms with Crippen LogP contribution in [0.1, 0.15) is 22.1 Å². The van der Waals surface area contributed by atoms with Gasteiger partial charge < -0.3 is 30.4 Å². The zero-order valence-electron chi connectivity index (χ0n) is 8.17. The average molecular weight is 227 g/mol. The van der Waals surface area contributed by atoms with Gasteiger partial charge in [-0.25, -0.2) is 0 Å². The summed E-state index contributed by atoms with van der Waals surface area (Å²) in [5.74, 6) is -4.41. The van der Waals surface area contributed by atoms with E-state index in [2.05, 4.69) is 0 Å².